The van der Waals surface area contributed by atoms with Gasteiger partial charge in [-0.25, -0.2) is 9.97 Å². The average Bonchev–Trinajstić information content (AvgIpc) is 3.31. The minimum Gasteiger partial charge on any atom is -0.446 e. The highest BCUT2D eigenvalue weighted by Gasteiger charge is 2.15. The van der Waals surface area contributed by atoms with Crippen molar-refractivity contribution in [3.8, 4) is 6.07 Å². The van der Waals surface area contributed by atoms with E-state index in [-0.39, 0.29) is 0 Å². The Labute approximate surface area is 191 Å². The third-order valence-electron chi connectivity index (χ3n) is 5.20. The van der Waals surface area contributed by atoms with Crippen molar-refractivity contribution in [3.05, 3.63) is 53.1 Å². The van der Waals surface area contributed by atoms with Crippen LogP contribution in [-0.2, 0) is 13.5 Å². The van der Waals surface area contributed by atoms with Crippen molar-refractivity contribution in [2.75, 3.05) is 0 Å². The summed E-state index contributed by atoms with van der Waals surface area (Å²) >= 11 is 0. The second-order valence-electron chi connectivity index (χ2n) is 7.54. The third kappa shape index (κ3) is 5.73. The van der Waals surface area contributed by atoms with Crippen LogP contribution >= 0.6 is 0 Å². The number of aryl methyl sites for hydroxylation is 3. The number of unbranched alkanes of at least 4 members (excludes halogenated alkanes) is 3. The van der Waals surface area contributed by atoms with E-state index >= 15 is 0 Å². The van der Waals surface area contributed by atoms with E-state index in [1.54, 1.807) is 12.3 Å². The van der Waals surface area contributed by atoms with Gasteiger partial charge in [0.05, 0.1) is 41.0 Å². The number of imidazole rings is 1. The molecule has 6 nitrogen and oxygen atoms in total. The maximum absolute atomic E-state index is 9.16. The van der Waals surface area contributed by atoms with Crippen molar-refractivity contribution in [2.24, 2.45) is 7.05 Å². The van der Waals surface area contributed by atoms with E-state index in [1.807, 2.05) is 51.4 Å². The summed E-state index contributed by atoms with van der Waals surface area (Å²) in [4.78, 5) is 13.6. The molecule has 0 N–H and O–H groups in total. The Balaban J connectivity index is 0.000000396. The normalized spacial score (nSPS) is 10.3. The molecule has 1 aromatic carbocycles. The van der Waals surface area contributed by atoms with Crippen LogP contribution in [-0.4, -0.2) is 19.5 Å². The van der Waals surface area contributed by atoms with Crippen molar-refractivity contribution in [2.45, 2.75) is 73.6 Å². The van der Waals surface area contributed by atoms with Crippen LogP contribution in [0.25, 0.3) is 21.9 Å². The SMILES string of the molecule is CC.CCCCCC.Cc1nc(Cc2nc3cnc4ccc(C#N)cc4c3n2C)c(C)o1. The molecule has 0 unspecified atom stereocenters. The molecule has 3 heterocycles. The monoisotopic (exact) mass is 433 g/mol. The lowest BCUT2D eigenvalue weighted by Crippen LogP contribution is -2.01. The molecule has 6 heteroatoms. The molecule has 0 fully saturated rings. The zero-order valence-corrected chi connectivity index (χ0v) is 20.5. The van der Waals surface area contributed by atoms with Gasteiger partial charge in [0.15, 0.2) is 5.89 Å². The Morgan fingerprint density at radius 1 is 1.03 bits per heavy atom. The standard InChI is InChI=1S/C18H15N5O.C6H14.C2H6/c1-10-15(21-11(2)24-10)7-17-22-16-9-20-14-5-4-12(8-19)6-13(14)18(16)23(17)3;1-3-5-6-4-2;1-2/h4-6,9H,7H2,1-3H3;3-6H2,1-2H3;1-2H3. The average molecular weight is 434 g/mol. The van der Waals surface area contributed by atoms with Gasteiger partial charge in [-0.05, 0) is 25.1 Å². The lowest BCUT2D eigenvalue weighted by atomic mass is 10.1. The van der Waals surface area contributed by atoms with Crippen LogP contribution in [0, 0.1) is 25.2 Å². The summed E-state index contributed by atoms with van der Waals surface area (Å²) in [6.07, 6.45) is 7.90. The van der Waals surface area contributed by atoms with Crippen LogP contribution in [0.5, 0.6) is 0 Å². The number of oxazole rings is 1. The van der Waals surface area contributed by atoms with Crippen molar-refractivity contribution in [3.63, 3.8) is 0 Å². The fraction of sp³-hybridized carbons (Fsp3) is 0.462. The zero-order valence-electron chi connectivity index (χ0n) is 20.5. The van der Waals surface area contributed by atoms with Gasteiger partial charge in [0.1, 0.15) is 17.1 Å². The Bertz CT molecular complexity index is 1190. The van der Waals surface area contributed by atoms with Gasteiger partial charge < -0.3 is 8.98 Å². The van der Waals surface area contributed by atoms with E-state index < -0.39 is 0 Å². The summed E-state index contributed by atoms with van der Waals surface area (Å²) in [5.74, 6) is 2.36. The predicted octanol–water partition coefficient (Wildman–Crippen LogP) is 6.80. The van der Waals surface area contributed by atoms with E-state index in [0.717, 1.165) is 39.2 Å². The Morgan fingerprint density at radius 2 is 1.72 bits per heavy atom. The van der Waals surface area contributed by atoms with E-state index in [1.165, 1.54) is 25.7 Å². The van der Waals surface area contributed by atoms with Crippen molar-refractivity contribution >= 4 is 21.9 Å². The van der Waals surface area contributed by atoms with Gasteiger partial charge >= 0.3 is 0 Å². The summed E-state index contributed by atoms with van der Waals surface area (Å²) < 4.78 is 7.55. The van der Waals surface area contributed by atoms with Crippen LogP contribution in [0.2, 0.25) is 0 Å². The van der Waals surface area contributed by atoms with E-state index in [4.69, 9.17) is 14.7 Å². The molecule has 3 aromatic heterocycles. The minimum atomic E-state index is 0.591. The summed E-state index contributed by atoms with van der Waals surface area (Å²) in [5, 5.41) is 10.1. The van der Waals surface area contributed by atoms with Crippen LogP contribution in [0.4, 0.5) is 0 Å². The predicted molar refractivity (Wildman–Crippen MR) is 131 cm³/mol. The highest BCUT2D eigenvalue weighted by Crippen LogP contribution is 2.26. The molecule has 0 saturated heterocycles. The molecule has 0 spiro atoms. The fourth-order valence-electron chi connectivity index (χ4n) is 3.56. The van der Waals surface area contributed by atoms with Crippen LogP contribution in [0.3, 0.4) is 0 Å². The quantitative estimate of drug-likeness (QED) is 0.323. The van der Waals surface area contributed by atoms with Crippen LogP contribution < -0.4 is 0 Å². The Morgan fingerprint density at radius 3 is 2.28 bits per heavy atom. The molecular weight excluding hydrogens is 398 g/mol. The van der Waals surface area contributed by atoms with Crippen molar-refractivity contribution in [1.29, 1.82) is 5.26 Å². The van der Waals surface area contributed by atoms with E-state index in [0.29, 0.717) is 17.9 Å². The molecular formula is C26H35N5O. The molecule has 0 aliphatic carbocycles. The number of hydrogen-bond donors (Lipinski definition) is 0. The van der Waals surface area contributed by atoms with Crippen molar-refractivity contribution < 1.29 is 4.42 Å². The molecule has 0 atom stereocenters. The first-order valence-electron chi connectivity index (χ1n) is 11.6. The number of rotatable bonds is 5. The third-order valence-corrected chi connectivity index (χ3v) is 5.20. The van der Waals surface area contributed by atoms with Gasteiger partial charge in [0.25, 0.3) is 0 Å². The summed E-state index contributed by atoms with van der Waals surface area (Å²) in [7, 11) is 1.98. The first kappa shape index (κ1) is 25.1. The zero-order chi connectivity index (χ0) is 23.7. The number of hydrogen-bond acceptors (Lipinski definition) is 5. The second kappa shape index (κ2) is 12.0. The van der Waals surface area contributed by atoms with Gasteiger partial charge in [-0.2, -0.15) is 5.26 Å². The Hall–Kier alpha value is -3.20. The van der Waals surface area contributed by atoms with Gasteiger partial charge in [0.2, 0.25) is 0 Å². The maximum Gasteiger partial charge on any atom is 0.191 e. The molecule has 0 saturated carbocycles. The largest absolute Gasteiger partial charge is 0.446 e. The number of fused-ring (bicyclic) bond motifs is 3. The van der Waals surface area contributed by atoms with Crippen LogP contribution in [0.1, 0.15) is 82.1 Å². The lowest BCUT2D eigenvalue weighted by molar-refractivity contribution is 0.493. The Kier molecular flexibility index (Phi) is 9.39. The minimum absolute atomic E-state index is 0.591. The molecule has 4 aromatic rings. The lowest BCUT2D eigenvalue weighted by Gasteiger charge is -2.04. The molecule has 4 rings (SSSR count). The number of nitriles is 1. The summed E-state index contributed by atoms with van der Waals surface area (Å²) in [6, 6.07) is 7.69. The highest BCUT2D eigenvalue weighted by molar-refractivity contribution is 6.02. The smallest absolute Gasteiger partial charge is 0.191 e. The molecule has 170 valence electrons. The summed E-state index contributed by atoms with van der Waals surface area (Å²) in [6.45, 7) is 12.2. The molecule has 0 aliphatic rings. The molecule has 0 bridgehead atoms. The number of aromatic nitrogens is 4. The van der Waals surface area contributed by atoms with E-state index in [2.05, 4.69) is 29.9 Å². The second-order valence-corrected chi connectivity index (χ2v) is 7.54. The van der Waals surface area contributed by atoms with E-state index in [9.17, 15) is 0 Å². The maximum atomic E-state index is 9.16. The molecule has 32 heavy (non-hydrogen) atoms. The molecule has 0 aliphatic heterocycles. The van der Waals surface area contributed by atoms with Gasteiger partial charge in [-0.15, -0.1) is 0 Å². The number of pyridine rings is 1. The highest BCUT2D eigenvalue weighted by atomic mass is 16.4. The topological polar surface area (TPSA) is 80.5 Å². The van der Waals surface area contributed by atoms with Gasteiger partial charge in [-0.1, -0.05) is 53.4 Å². The summed E-state index contributed by atoms with van der Waals surface area (Å²) in [5.41, 5.74) is 4.14. The molecule has 0 amide bonds. The molecule has 0 radical (unpaired) electrons. The first-order chi connectivity index (χ1) is 15.5. The first-order valence-corrected chi connectivity index (χ1v) is 11.6. The fourth-order valence-corrected chi connectivity index (χ4v) is 3.56. The number of benzene rings is 1. The van der Waals surface area contributed by atoms with Gasteiger partial charge in [-0.3, -0.25) is 4.98 Å². The van der Waals surface area contributed by atoms with Crippen molar-refractivity contribution in [1.82, 2.24) is 19.5 Å². The number of nitrogens with zero attached hydrogens (tertiary/aromatic N) is 5. The van der Waals surface area contributed by atoms with Gasteiger partial charge in [0, 0.05) is 19.4 Å². The van der Waals surface area contributed by atoms with Crippen LogP contribution in [0.15, 0.2) is 28.8 Å².